The summed E-state index contributed by atoms with van der Waals surface area (Å²) in [6, 6.07) is 5.23. The summed E-state index contributed by atoms with van der Waals surface area (Å²) >= 11 is 0. The van der Waals surface area contributed by atoms with Crippen molar-refractivity contribution >= 4 is 5.97 Å². The molecule has 1 aliphatic carbocycles. The van der Waals surface area contributed by atoms with E-state index in [9.17, 15) is 9.18 Å². The van der Waals surface area contributed by atoms with Crippen LogP contribution in [0.25, 0.3) is 0 Å². The summed E-state index contributed by atoms with van der Waals surface area (Å²) in [6.07, 6.45) is 1.37. The maximum absolute atomic E-state index is 13.6. The van der Waals surface area contributed by atoms with E-state index in [0.717, 1.165) is 12.0 Å². The minimum absolute atomic E-state index is 0.177. The number of carboxylic acid groups (broad SMARTS) is 1. The lowest BCUT2D eigenvalue weighted by Gasteiger charge is -2.11. The summed E-state index contributed by atoms with van der Waals surface area (Å²) < 4.78 is 13.6. The Morgan fingerprint density at radius 2 is 2.29 bits per heavy atom. The number of aryl methyl sites for hydroxylation is 1. The Balaban J connectivity index is 1.99. The highest BCUT2D eigenvalue weighted by molar-refractivity contribution is 5.73. The molecule has 0 saturated heterocycles. The molecule has 1 N–H and O–H groups in total. The third-order valence-electron chi connectivity index (χ3n) is 3.64. The molecule has 0 aromatic heterocycles. The first-order valence-corrected chi connectivity index (χ1v) is 5.97. The molecule has 0 spiro atoms. The van der Waals surface area contributed by atoms with Crippen LogP contribution in [0.2, 0.25) is 0 Å². The number of benzene rings is 1. The fraction of sp³-hybridized carbons (Fsp3) is 0.500. The van der Waals surface area contributed by atoms with Crippen LogP contribution in [0, 0.1) is 30.5 Å². The topological polar surface area (TPSA) is 37.3 Å². The van der Waals surface area contributed by atoms with Crippen molar-refractivity contribution in [2.24, 2.45) is 17.8 Å². The van der Waals surface area contributed by atoms with E-state index in [1.807, 2.05) is 19.9 Å². The Morgan fingerprint density at radius 1 is 1.59 bits per heavy atom. The van der Waals surface area contributed by atoms with Crippen LogP contribution in [-0.2, 0) is 11.2 Å². The summed E-state index contributed by atoms with van der Waals surface area (Å²) in [4.78, 5) is 10.8. The van der Waals surface area contributed by atoms with Gasteiger partial charge in [-0.2, -0.15) is 0 Å². The lowest BCUT2D eigenvalue weighted by atomic mass is 9.94. The van der Waals surface area contributed by atoms with Crippen molar-refractivity contribution in [3.8, 4) is 0 Å². The molecule has 1 aromatic carbocycles. The average molecular weight is 236 g/mol. The van der Waals surface area contributed by atoms with Gasteiger partial charge in [-0.3, -0.25) is 4.79 Å². The van der Waals surface area contributed by atoms with Gasteiger partial charge in [0, 0.05) is 0 Å². The molecule has 2 nitrogen and oxygen atoms in total. The molecule has 0 amide bonds. The molecule has 3 atom stereocenters. The first-order chi connectivity index (χ1) is 7.99. The minimum Gasteiger partial charge on any atom is -0.481 e. The average Bonchev–Trinajstić information content (AvgIpc) is 3.01. The van der Waals surface area contributed by atoms with E-state index in [2.05, 4.69) is 0 Å². The monoisotopic (exact) mass is 236 g/mol. The van der Waals surface area contributed by atoms with Crippen molar-refractivity contribution in [3.05, 3.63) is 35.1 Å². The van der Waals surface area contributed by atoms with Crippen molar-refractivity contribution in [2.45, 2.75) is 26.7 Å². The zero-order valence-corrected chi connectivity index (χ0v) is 10.1. The standard InChI is InChI=1S/C14H17FO2/c1-8-3-4-10(13(15)5-8)6-9(2)11-7-12(11)14(16)17/h3-5,9,11-12H,6-7H2,1-2H3,(H,16,17). The second kappa shape index (κ2) is 4.47. The first kappa shape index (κ1) is 12.1. The maximum Gasteiger partial charge on any atom is 0.306 e. The lowest BCUT2D eigenvalue weighted by molar-refractivity contribution is -0.139. The predicted molar refractivity (Wildman–Crippen MR) is 63.2 cm³/mol. The number of hydrogen-bond donors (Lipinski definition) is 1. The lowest BCUT2D eigenvalue weighted by Crippen LogP contribution is -2.09. The van der Waals surface area contributed by atoms with Gasteiger partial charge >= 0.3 is 5.97 Å². The number of halogens is 1. The SMILES string of the molecule is Cc1ccc(CC(C)C2CC2C(=O)O)c(F)c1. The maximum atomic E-state index is 13.6. The third kappa shape index (κ3) is 2.65. The Labute approximate surface area is 100 Å². The Hall–Kier alpha value is -1.38. The van der Waals surface area contributed by atoms with Crippen molar-refractivity contribution < 1.29 is 14.3 Å². The zero-order valence-electron chi connectivity index (χ0n) is 10.1. The number of carbonyl (C=O) groups is 1. The van der Waals surface area contributed by atoms with Gasteiger partial charge in [0.1, 0.15) is 5.82 Å². The molecule has 1 saturated carbocycles. The molecule has 0 bridgehead atoms. The number of aliphatic carboxylic acids is 1. The van der Waals surface area contributed by atoms with Crippen LogP contribution in [0.3, 0.4) is 0 Å². The third-order valence-corrected chi connectivity index (χ3v) is 3.64. The molecule has 92 valence electrons. The molecular weight excluding hydrogens is 219 g/mol. The normalized spacial score (nSPS) is 24.4. The van der Waals surface area contributed by atoms with Crippen LogP contribution in [-0.4, -0.2) is 11.1 Å². The van der Waals surface area contributed by atoms with E-state index in [-0.39, 0.29) is 23.6 Å². The van der Waals surface area contributed by atoms with Gasteiger partial charge in [0.05, 0.1) is 5.92 Å². The molecule has 0 aliphatic heterocycles. The highest BCUT2D eigenvalue weighted by Crippen LogP contribution is 2.45. The molecular formula is C14H17FO2. The molecule has 17 heavy (non-hydrogen) atoms. The summed E-state index contributed by atoms with van der Waals surface area (Å²) in [5.41, 5.74) is 1.60. The van der Waals surface area contributed by atoms with Gasteiger partial charge in [-0.1, -0.05) is 19.1 Å². The van der Waals surface area contributed by atoms with E-state index < -0.39 is 5.97 Å². The van der Waals surface area contributed by atoms with Gasteiger partial charge in [0.2, 0.25) is 0 Å². The van der Waals surface area contributed by atoms with Crippen LogP contribution in [0.4, 0.5) is 4.39 Å². The van der Waals surface area contributed by atoms with E-state index in [4.69, 9.17) is 5.11 Å². The molecule has 1 aliphatic rings. The van der Waals surface area contributed by atoms with E-state index >= 15 is 0 Å². The molecule has 3 heteroatoms. The van der Waals surface area contributed by atoms with Crippen molar-refractivity contribution in [3.63, 3.8) is 0 Å². The van der Waals surface area contributed by atoms with Crippen molar-refractivity contribution in [1.29, 1.82) is 0 Å². The Bertz CT molecular complexity index is 442. The molecule has 3 unspecified atom stereocenters. The number of rotatable bonds is 4. The fourth-order valence-electron chi connectivity index (χ4n) is 2.44. The van der Waals surface area contributed by atoms with Gasteiger partial charge in [0.15, 0.2) is 0 Å². The molecule has 2 rings (SSSR count). The Morgan fingerprint density at radius 3 is 2.82 bits per heavy atom. The Kier molecular flexibility index (Phi) is 3.18. The summed E-state index contributed by atoms with van der Waals surface area (Å²) in [7, 11) is 0. The highest BCUT2D eigenvalue weighted by Gasteiger charge is 2.46. The van der Waals surface area contributed by atoms with Crippen LogP contribution in [0.15, 0.2) is 18.2 Å². The summed E-state index contributed by atoms with van der Waals surface area (Å²) in [5.74, 6) is -0.657. The predicted octanol–water partition coefficient (Wildman–Crippen LogP) is 3.03. The smallest absolute Gasteiger partial charge is 0.306 e. The van der Waals surface area contributed by atoms with Crippen molar-refractivity contribution in [2.75, 3.05) is 0 Å². The van der Waals surface area contributed by atoms with E-state index in [1.165, 1.54) is 6.07 Å². The van der Waals surface area contributed by atoms with Crippen molar-refractivity contribution in [1.82, 2.24) is 0 Å². The number of carboxylic acids is 1. The van der Waals surface area contributed by atoms with Gasteiger partial charge in [-0.05, 0) is 48.8 Å². The van der Waals surface area contributed by atoms with Crippen LogP contribution < -0.4 is 0 Å². The molecule has 0 radical (unpaired) electrons. The van der Waals surface area contributed by atoms with Gasteiger partial charge in [-0.25, -0.2) is 4.39 Å². The van der Waals surface area contributed by atoms with Crippen LogP contribution in [0.5, 0.6) is 0 Å². The summed E-state index contributed by atoms with van der Waals surface area (Å²) in [5, 5.41) is 8.86. The fourth-order valence-corrected chi connectivity index (χ4v) is 2.44. The number of hydrogen-bond acceptors (Lipinski definition) is 1. The van der Waals surface area contributed by atoms with E-state index in [0.29, 0.717) is 12.0 Å². The second-order valence-electron chi connectivity index (χ2n) is 5.12. The highest BCUT2D eigenvalue weighted by atomic mass is 19.1. The van der Waals surface area contributed by atoms with Gasteiger partial charge in [-0.15, -0.1) is 0 Å². The van der Waals surface area contributed by atoms with Crippen LogP contribution in [0.1, 0.15) is 24.5 Å². The van der Waals surface area contributed by atoms with E-state index in [1.54, 1.807) is 6.07 Å². The van der Waals surface area contributed by atoms with Gasteiger partial charge in [0.25, 0.3) is 0 Å². The minimum atomic E-state index is -0.716. The second-order valence-corrected chi connectivity index (χ2v) is 5.12. The largest absolute Gasteiger partial charge is 0.481 e. The molecule has 0 heterocycles. The molecule has 1 fully saturated rings. The summed E-state index contributed by atoms with van der Waals surface area (Å²) in [6.45, 7) is 3.87. The quantitative estimate of drug-likeness (QED) is 0.872. The first-order valence-electron chi connectivity index (χ1n) is 5.97. The zero-order chi connectivity index (χ0) is 12.6. The van der Waals surface area contributed by atoms with Crippen LogP contribution >= 0.6 is 0 Å². The molecule has 1 aromatic rings. The van der Waals surface area contributed by atoms with Gasteiger partial charge < -0.3 is 5.11 Å².